The Labute approximate surface area is 185 Å². The Morgan fingerprint density at radius 3 is 2.58 bits per heavy atom. The number of aromatic nitrogens is 2. The highest BCUT2D eigenvalue weighted by molar-refractivity contribution is 6.31. The smallest absolute Gasteiger partial charge is 0.253 e. The first-order valence-corrected chi connectivity index (χ1v) is 10.4. The molecule has 9 heteroatoms. The molecule has 6 N–H and O–H groups in total. The van der Waals surface area contributed by atoms with Gasteiger partial charge in [0, 0.05) is 21.5 Å². The number of aromatic hydroxyl groups is 1. The number of amides is 1. The van der Waals surface area contributed by atoms with Gasteiger partial charge in [-0.25, -0.2) is 0 Å². The number of benzene rings is 1. The quantitative estimate of drug-likeness (QED) is 0.463. The minimum absolute atomic E-state index is 0.0146. The molecule has 0 aliphatic heterocycles. The SMILES string of the molecule is CNC1(COc2nc3c(cc2C)c(C(N)=O)c(N)n3-c2c(C)c(O)cc(Cl)c2C)CC1. The summed E-state index contributed by atoms with van der Waals surface area (Å²) in [6.45, 7) is 5.91. The Balaban J connectivity index is 1.98. The maximum absolute atomic E-state index is 12.3. The summed E-state index contributed by atoms with van der Waals surface area (Å²) in [5.74, 6) is -0.0656. The number of ether oxygens (including phenoxy) is 1. The number of nitrogens with one attached hydrogen (secondary N) is 1. The van der Waals surface area contributed by atoms with Crippen molar-refractivity contribution in [3.8, 4) is 17.3 Å². The van der Waals surface area contributed by atoms with Crippen molar-refractivity contribution in [1.29, 1.82) is 0 Å². The number of phenols is 1. The number of likely N-dealkylation sites (N-methyl/N-ethyl adjacent to an activating group) is 1. The van der Waals surface area contributed by atoms with Gasteiger partial charge in [0.2, 0.25) is 5.88 Å². The molecular weight excluding hydrogens is 418 g/mol. The highest BCUT2D eigenvalue weighted by atomic mass is 35.5. The van der Waals surface area contributed by atoms with E-state index in [1.807, 2.05) is 20.9 Å². The lowest BCUT2D eigenvalue weighted by atomic mass is 10.1. The summed E-state index contributed by atoms with van der Waals surface area (Å²) < 4.78 is 7.67. The van der Waals surface area contributed by atoms with Gasteiger partial charge in [-0.15, -0.1) is 0 Å². The lowest BCUT2D eigenvalue weighted by Crippen LogP contribution is -2.34. The van der Waals surface area contributed by atoms with E-state index in [4.69, 9.17) is 32.8 Å². The van der Waals surface area contributed by atoms with Crippen LogP contribution in [0.1, 0.15) is 39.9 Å². The summed E-state index contributed by atoms with van der Waals surface area (Å²) in [5, 5.41) is 14.5. The Morgan fingerprint density at radius 2 is 2.00 bits per heavy atom. The number of phenolic OH excluding ortho intramolecular Hbond substituents is 1. The molecule has 1 aliphatic rings. The molecule has 1 amide bonds. The second-order valence-electron chi connectivity index (χ2n) is 8.24. The first-order chi connectivity index (χ1) is 14.6. The van der Waals surface area contributed by atoms with Gasteiger partial charge in [-0.3, -0.25) is 9.36 Å². The summed E-state index contributed by atoms with van der Waals surface area (Å²) in [5.41, 5.74) is 15.2. The average molecular weight is 444 g/mol. The Morgan fingerprint density at radius 1 is 1.32 bits per heavy atom. The van der Waals surface area contributed by atoms with Crippen LogP contribution in [0.4, 0.5) is 5.82 Å². The second kappa shape index (κ2) is 7.32. The molecule has 0 bridgehead atoms. The molecule has 0 unspecified atom stereocenters. The van der Waals surface area contributed by atoms with Crippen LogP contribution in [0.15, 0.2) is 12.1 Å². The molecule has 1 aromatic carbocycles. The van der Waals surface area contributed by atoms with E-state index in [-0.39, 0.29) is 22.7 Å². The minimum Gasteiger partial charge on any atom is -0.508 e. The molecule has 0 saturated heterocycles. The fourth-order valence-electron chi connectivity index (χ4n) is 3.95. The van der Waals surface area contributed by atoms with Gasteiger partial charge in [0.15, 0.2) is 5.65 Å². The number of nitrogens with two attached hydrogens (primary N) is 2. The average Bonchev–Trinajstić information content (AvgIpc) is 3.44. The van der Waals surface area contributed by atoms with Crippen molar-refractivity contribution in [2.75, 3.05) is 19.4 Å². The molecule has 3 aromatic rings. The van der Waals surface area contributed by atoms with Crippen LogP contribution in [0, 0.1) is 20.8 Å². The van der Waals surface area contributed by atoms with Gasteiger partial charge in [-0.1, -0.05) is 11.6 Å². The van der Waals surface area contributed by atoms with Gasteiger partial charge < -0.3 is 26.6 Å². The normalized spacial score (nSPS) is 14.7. The van der Waals surface area contributed by atoms with Crippen molar-refractivity contribution in [3.05, 3.63) is 39.4 Å². The number of fused-ring (bicyclic) bond motifs is 1. The zero-order valence-corrected chi connectivity index (χ0v) is 18.7. The van der Waals surface area contributed by atoms with Gasteiger partial charge in [-0.05, 0) is 58.4 Å². The number of primary amides is 1. The molecule has 1 fully saturated rings. The Bertz CT molecular complexity index is 1200. The molecule has 1 aliphatic carbocycles. The summed E-state index contributed by atoms with van der Waals surface area (Å²) in [4.78, 5) is 17.0. The van der Waals surface area contributed by atoms with Gasteiger partial charge >= 0.3 is 0 Å². The van der Waals surface area contributed by atoms with Crippen LogP contribution in [-0.4, -0.2) is 39.8 Å². The largest absolute Gasteiger partial charge is 0.508 e. The van der Waals surface area contributed by atoms with Crippen molar-refractivity contribution >= 4 is 34.4 Å². The van der Waals surface area contributed by atoms with Crippen LogP contribution in [0.5, 0.6) is 11.6 Å². The second-order valence-corrected chi connectivity index (χ2v) is 8.64. The molecule has 0 atom stereocenters. The summed E-state index contributed by atoms with van der Waals surface area (Å²) in [6, 6.07) is 3.28. The van der Waals surface area contributed by atoms with E-state index in [0.29, 0.717) is 45.4 Å². The van der Waals surface area contributed by atoms with Crippen LogP contribution in [0.2, 0.25) is 5.02 Å². The number of carbonyl (C=O) groups is 1. The van der Waals surface area contributed by atoms with E-state index in [1.54, 1.807) is 17.6 Å². The molecule has 31 heavy (non-hydrogen) atoms. The summed E-state index contributed by atoms with van der Waals surface area (Å²) in [7, 11) is 1.92. The summed E-state index contributed by atoms with van der Waals surface area (Å²) in [6.07, 6.45) is 2.08. The molecule has 164 valence electrons. The van der Waals surface area contributed by atoms with Crippen LogP contribution < -0.4 is 21.5 Å². The molecule has 4 rings (SSSR count). The third kappa shape index (κ3) is 3.36. The molecule has 0 radical (unpaired) electrons. The van der Waals surface area contributed by atoms with Crippen LogP contribution in [0.25, 0.3) is 16.7 Å². The van der Waals surface area contributed by atoms with Crippen LogP contribution >= 0.6 is 11.6 Å². The maximum Gasteiger partial charge on any atom is 0.253 e. The minimum atomic E-state index is -0.662. The van der Waals surface area contributed by atoms with E-state index in [9.17, 15) is 9.90 Å². The zero-order chi connectivity index (χ0) is 22.7. The van der Waals surface area contributed by atoms with E-state index in [0.717, 1.165) is 18.4 Å². The van der Waals surface area contributed by atoms with Gasteiger partial charge in [0.25, 0.3) is 5.91 Å². The predicted octanol–water partition coefficient (Wildman–Crippen LogP) is 3.12. The standard InChI is InChI=1S/C22H26ClN5O3/c1-10-7-13-16(19(25)30)18(24)28(17-11(2)14(23)8-15(29)12(17)3)20(13)27-21(10)31-9-22(26-4)5-6-22/h7-8,26,29H,5-6,9,24H2,1-4H3,(H2,25,30). The van der Waals surface area contributed by atoms with Crippen molar-refractivity contribution in [2.45, 2.75) is 39.2 Å². The van der Waals surface area contributed by atoms with E-state index in [2.05, 4.69) is 5.32 Å². The molecule has 1 saturated carbocycles. The highest BCUT2D eigenvalue weighted by Crippen LogP contribution is 2.40. The molecule has 2 aromatic heterocycles. The fourth-order valence-corrected chi connectivity index (χ4v) is 4.14. The number of halogens is 1. The first kappa shape index (κ1) is 21.3. The molecule has 2 heterocycles. The van der Waals surface area contributed by atoms with Gasteiger partial charge in [0.05, 0.1) is 16.8 Å². The van der Waals surface area contributed by atoms with Crippen molar-refractivity contribution in [3.63, 3.8) is 0 Å². The predicted molar refractivity (Wildman–Crippen MR) is 121 cm³/mol. The highest BCUT2D eigenvalue weighted by Gasteiger charge is 2.42. The van der Waals surface area contributed by atoms with E-state index in [1.165, 1.54) is 6.07 Å². The number of anilines is 1. The lowest BCUT2D eigenvalue weighted by Gasteiger charge is -2.18. The zero-order valence-electron chi connectivity index (χ0n) is 18.0. The van der Waals surface area contributed by atoms with E-state index >= 15 is 0 Å². The third-order valence-electron chi connectivity index (χ3n) is 6.18. The monoisotopic (exact) mass is 443 g/mol. The molecular formula is C22H26ClN5O3. The number of aryl methyl sites for hydroxylation is 1. The van der Waals surface area contributed by atoms with Gasteiger partial charge in [0.1, 0.15) is 18.2 Å². The van der Waals surface area contributed by atoms with Crippen molar-refractivity contribution < 1.29 is 14.6 Å². The van der Waals surface area contributed by atoms with Crippen molar-refractivity contribution in [2.24, 2.45) is 5.73 Å². The molecule has 0 spiro atoms. The lowest BCUT2D eigenvalue weighted by molar-refractivity contribution is 0.100. The third-order valence-corrected chi connectivity index (χ3v) is 6.57. The number of nitrogens with zero attached hydrogens (tertiary/aromatic N) is 2. The number of rotatable bonds is 6. The number of pyridine rings is 1. The maximum atomic E-state index is 12.3. The van der Waals surface area contributed by atoms with E-state index < -0.39 is 5.91 Å². The number of hydrogen-bond donors (Lipinski definition) is 4. The summed E-state index contributed by atoms with van der Waals surface area (Å²) >= 11 is 6.34. The molecule has 8 nitrogen and oxygen atoms in total. The topological polar surface area (TPSA) is 128 Å². The van der Waals surface area contributed by atoms with Gasteiger partial charge in [-0.2, -0.15) is 4.98 Å². The van der Waals surface area contributed by atoms with Crippen LogP contribution in [-0.2, 0) is 0 Å². The van der Waals surface area contributed by atoms with Crippen molar-refractivity contribution in [1.82, 2.24) is 14.9 Å². The first-order valence-electron chi connectivity index (χ1n) is 10.0. The fraction of sp³-hybridized carbons (Fsp3) is 0.364. The number of carbonyl (C=O) groups excluding carboxylic acids is 1. The van der Waals surface area contributed by atoms with Crippen LogP contribution in [0.3, 0.4) is 0 Å². The number of nitrogen functional groups attached to an aromatic ring is 1. The Hall–Kier alpha value is -2.97. The number of hydrogen-bond acceptors (Lipinski definition) is 6. The Kier molecular flexibility index (Phi) is 5.02.